The Labute approximate surface area is 130 Å². The summed E-state index contributed by atoms with van der Waals surface area (Å²) in [6.45, 7) is 1.71. The molecule has 2 rings (SSSR count). The van der Waals surface area contributed by atoms with E-state index in [1.54, 1.807) is 13.0 Å². The zero-order valence-corrected chi connectivity index (χ0v) is 12.7. The molecule has 1 N–H and O–H groups in total. The van der Waals surface area contributed by atoms with Gasteiger partial charge in [-0.1, -0.05) is 23.2 Å². The highest BCUT2D eigenvalue weighted by Gasteiger charge is 2.16. The van der Waals surface area contributed by atoms with E-state index in [2.05, 4.69) is 10.3 Å². The van der Waals surface area contributed by atoms with Crippen LogP contribution in [0.4, 0.5) is 10.1 Å². The van der Waals surface area contributed by atoms with Crippen LogP contribution in [-0.2, 0) is 0 Å². The first kappa shape index (κ1) is 15.5. The number of carbonyl (C=O) groups excluding carboxylic acids is 1. The molecule has 1 amide bonds. The lowest BCUT2D eigenvalue weighted by Crippen LogP contribution is -2.15. The Morgan fingerprint density at radius 3 is 2.62 bits per heavy atom. The maximum absolute atomic E-state index is 13.8. The number of aryl methyl sites for hydroxylation is 1. The number of aromatic nitrogens is 1. The van der Waals surface area contributed by atoms with Gasteiger partial charge < -0.3 is 10.1 Å². The summed E-state index contributed by atoms with van der Waals surface area (Å²) < 4.78 is 18.7. The summed E-state index contributed by atoms with van der Waals surface area (Å²) >= 11 is 11.7. The first-order valence-corrected chi connectivity index (χ1v) is 6.65. The first-order valence-electron chi connectivity index (χ1n) is 5.90. The number of amides is 1. The molecule has 4 nitrogen and oxygen atoms in total. The molecule has 21 heavy (non-hydrogen) atoms. The van der Waals surface area contributed by atoms with Crippen molar-refractivity contribution in [1.29, 1.82) is 0 Å². The minimum absolute atomic E-state index is 0.0438. The molecule has 0 spiro atoms. The molecule has 0 aliphatic carbocycles. The van der Waals surface area contributed by atoms with Crippen LogP contribution in [0.5, 0.6) is 5.75 Å². The second kappa shape index (κ2) is 6.28. The van der Waals surface area contributed by atoms with Crippen molar-refractivity contribution < 1.29 is 13.9 Å². The molecule has 0 aliphatic rings. The van der Waals surface area contributed by atoms with Gasteiger partial charge in [0.05, 0.1) is 18.4 Å². The third kappa shape index (κ3) is 3.43. The number of ether oxygens (including phenoxy) is 1. The average Bonchev–Trinajstić information content (AvgIpc) is 2.42. The van der Waals surface area contributed by atoms with Crippen molar-refractivity contribution in [3.05, 3.63) is 51.5 Å². The van der Waals surface area contributed by atoms with Crippen LogP contribution in [0.2, 0.25) is 10.3 Å². The van der Waals surface area contributed by atoms with Crippen molar-refractivity contribution in [2.45, 2.75) is 6.92 Å². The summed E-state index contributed by atoms with van der Waals surface area (Å²) in [6.07, 6.45) is 0. The Morgan fingerprint density at radius 2 is 2.05 bits per heavy atom. The predicted molar refractivity (Wildman–Crippen MR) is 79.9 cm³/mol. The number of nitrogens with zero attached hydrogens (tertiary/aromatic N) is 1. The zero-order chi connectivity index (χ0) is 15.6. The predicted octanol–water partition coefficient (Wildman–Crippen LogP) is 4.10. The molecule has 2 aromatic rings. The number of anilines is 1. The maximum atomic E-state index is 13.8. The molecule has 1 aromatic heterocycles. The van der Waals surface area contributed by atoms with E-state index >= 15 is 0 Å². The zero-order valence-electron chi connectivity index (χ0n) is 11.2. The fourth-order valence-corrected chi connectivity index (χ4v) is 2.31. The number of carbonyl (C=O) groups is 1. The summed E-state index contributed by atoms with van der Waals surface area (Å²) in [5.41, 5.74) is 0.796. The van der Waals surface area contributed by atoms with Crippen LogP contribution in [-0.4, -0.2) is 18.0 Å². The van der Waals surface area contributed by atoms with E-state index in [4.69, 9.17) is 27.9 Å². The van der Waals surface area contributed by atoms with Gasteiger partial charge in [-0.05, 0) is 30.7 Å². The minimum atomic E-state index is -0.692. The monoisotopic (exact) mass is 328 g/mol. The molecular formula is C14H11Cl2FN2O2. The minimum Gasteiger partial charge on any atom is -0.497 e. The lowest BCUT2D eigenvalue weighted by atomic mass is 10.1. The molecule has 0 fully saturated rings. The van der Waals surface area contributed by atoms with E-state index in [0.717, 1.165) is 6.07 Å². The highest BCUT2D eigenvalue weighted by molar-refractivity contribution is 6.35. The molecule has 0 radical (unpaired) electrons. The van der Waals surface area contributed by atoms with E-state index in [0.29, 0.717) is 17.0 Å². The van der Waals surface area contributed by atoms with Gasteiger partial charge in [0.2, 0.25) is 0 Å². The van der Waals surface area contributed by atoms with Crippen molar-refractivity contribution in [3.8, 4) is 5.75 Å². The Bertz CT molecular complexity index is 684. The molecule has 110 valence electrons. The second-order valence-corrected chi connectivity index (χ2v) is 4.97. The Morgan fingerprint density at radius 1 is 1.33 bits per heavy atom. The number of nitrogens with one attached hydrogen (secondary N) is 1. The summed E-state index contributed by atoms with van der Waals surface area (Å²) in [5.74, 6) is -1.00. The van der Waals surface area contributed by atoms with Crippen LogP contribution in [0.15, 0.2) is 24.3 Å². The fraction of sp³-hybridized carbons (Fsp3) is 0.143. The van der Waals surface area contributed by atoms with Crippen LogP contribution < -0.4 is 10.1 Å². The van der Waals surface area contributed by atoms with Crippen molar-refractivity contribution in [3.63, 3.8) is 0 Å². The summed E-state index contributed by atoms with van der Waals surface area (Å²) in [7, 11) is 1.41. The van der Waals surface area contributed by atoms with E-state index in [1.807, 2.05) is 0 Å². The number of pyridine rings is 1. The lowest BCUT2D eigenvalue weighted by Gasteiger charge is -2.11. The van der Waals surface area contributed by atoms with Gasteiger partial charge in [-0.15, -0.1) is 0 Å². The van der Waals surface area contributed by atoms with Crippen LogP contribution >= 0.6 is 23.2 Å². The summed E-state index contributed by atoms with van der Waals surface area (Å²) in [4.78, 5) is 15.9. The van der Waals surface area contributed by atoms with Crippen molar-refractivity contribution in [1.82, 2.24) is 4.98 Å². The van der Waals surface area contributed by atoms with Crippen molar-refractivity contribution in [2.24, 2.45) is 0 Å². The molecule has 0 aliphatic heterocycles. The number of hydrogen-bond donors (Lipinski definition) is 1. The van der Waals surface area contributed by atoms with Crippen LogP contribution in [0, 0.1) is 12.7 Å². The number of hydrogen-bond acceptors (Lipinski definition) is 3. The van der Waals surface area contributed by atoms with Gasteiger partial charge in [0.1, 0.15) is 16.7 Å². The molecule has 0 unspecified atom stereocenters. The second-order valence-electron chi connectivity index (χ2n) is 4.23. The largest absolute Gasteiger partial charge is 0.497 e. The molecule has 0 saturated heterocycles. The maximum Gasteiger partial charge on any atom is 0.258 e. The third-order valence-electron chi connectivity index (χ3n) is 2.80. The molecule has 0 saturated carbocycles. The topological polar surface area (TPSA) is 51.2 Å². The smallest absolute Gasteiger partial charge is 0.258 e. The number of halogens is 3. The molecule has 0 atom stereocenters. The normalized spacial score (nSPS) is 10.3. The standard InChI is InChI=1S/C14H11Cl2FN2O2/c1-7-5-11(15)18-13(16)12(7)19-14(20)9-4-3-8(21-2)6-10(9)17/h3-6H,1-2H3,(H,19,20). The van der Waals surface area contributed by atoms with Gasteiger partial charge in [-0.3, -0.25) is 4.79 Å². The Balaban J connectivity index is 2.30. The van der Waals surface area contributed by atoms with E-state index in [-0.39, 0.29) is 15.9 Å². The highest BCUT2D eigenvalue weighted by atomic mass is 35.5. The van der Waals surface area contributed by atoms with Gasteiger partial charge in [0.15, 0.2) is 5.15 Å². The van der Waals surface area contributed by atoms with Crippen molar-refractivity contribution >= 4 is 34.8 Å². The summed E-state index contributed by atoms with van der Waals surface area (Å²) in [6, 6.07) is 5.50. The summed E-state index contributed by atoms with van der Waals surface area (Å²) in [5, 5.41) is 2.79. The van der Waals surface area contributed by atoms with Crippen LogP contribution in [0.25, 0.3) is 0 Å². The van der Waals surface area contributed by atoms with Gasteiger partial charge in [0, 0.05) is 6.07 Å². The molecular weight excluding hydrogens is 318 g/mol. The van der Waals surface area contributed by atoms with E-state index in [1.165, 1.54) is 19.2 Å². The third-order valence-corrected chi connectivity index (χ3v) is 3.27. The van der Waals surface area contributed by atoms with Gasteiger partial charge in [0.25, 0.3) is 5.91 Å². The molecule has 1 heterocycles. The fourth-order valence-electron chi connectivity index (χ4n) is 1.73. The quantitative estimate of drug-likeness (QED) is 0.863. The highest BCUT2D eigenvalue weighted by Crippen LogP contribution is 2.27. The Hall–Kier alpha value is -1.85. The number of benzene rings is 1. The molecule has 0 bridgehead atoms. The molecule has 7 heteroatoms. The van der Waals surface area contributed by atoms with E-state index in [9.17, 15) is 9.18 Å². The van der Waals surface area contributed by atoms with Gasteiger partial charge in [-0.25, -0.2) is 9.37 Å². The lowest BCUT2D eigenvalue weighted by molar-refractivity contribution is 0.102. The first-order chi connectivity index (χ1) is 9.92. The Kier molecular flexibility index (Phi) is 4.65. The van der Waals surface area contributed by atoms with Gasteiger partial charge in [-0.2, -0.15) is 0 Å². The SMILES string of the molecule is COc1ccc(C(=O)Nc2c(C)cc(Cl)nc2Cl)c(F)c1. The van der Waals surface area contributed by atoms with Gasteiger partial charge >= 0.3 is 0 Å². The number of rotatable bonds is 3. The molecule has 1 aromatic carbocycles. The van der Waals surface area contributed by atoms with Crippen LogP contribution in [0.3, 0.4) is 0 Å². The van der Waals surface area contributed by atoms with Crippen molar-refractivity contribution in [2.75, 3.05) is 12.4 Å². The average molecular weight is 329 g/mol. The number of methoxy groups -OCH3 is 1. The van der Waals surface area contributed by atoms with Crippen LogP contribution in [0.1, 0.15) is 15.9 Å². The van der Waals surface area contributed by atoms with E-state index < -0.39 is 11.7 Å².